The molecule has 0 aliphatic heterocycles. The molecule has 0 aliphatic rings. The van der Waals surface area contributed by atoms with Crippen molar-refractivity contribution in [2.45, 2.75) is 13.0 Å². The van der Waals surface area contributed by atoms with Crippen LogP contribution in [0.3, 0.4) is 0 Å². The van der Waals surface area contributed by atoms with Crippen molar-refractivity contribution in [2.75, 3.05) is 14.2 Å². The van der Waals surface area contributed by atoms with Crippen LogP contribution in [0.1, 0.15) is 34.0 Å². The molecule has 2 aromatic rings. The number of thiazole rings is 1. The molecule has 0 amide bonds. The third kappa shape index (κ3) is 3.09. The van der Waals surface area contributed by atoms with Crippen LogP contribution in [0.2, 0.25) is 0 Å². The van der Waals surface area contributed by atoms with Crippen LogP contribution in [0.5, 0.6) is 11.5 Å². The zero-order chi connectivity index (χ0) is 15.6. The average molecular weight is 371 g/mol. The summed E-state index contributed by atoms with van der Waals surface area (Å²) in [7, 11) is 3.06. The molecule has 0 spiro atoms. The molecule has 0 fully saturated rings. The second-order valence-corrected chi connectivity index (χ2v) is 6.03. The van der Waals surface area contributed by atoms with E-state index in [2.05, 4.69) is 20.9 Å². The van der Waals surface area contributed by atoms with E-state index in [9.17, 15) is 4.79 Å². The largest absolute Gasteiger partial charge is 0.495 e. The molecule has 1 aromatic heterocycles. The van der Waals surface area contributed by atoms with Gasteiger partial charge in [-0.1, -0.05) is 0 Å². The van der Waals surface area contributed by atoms with Gasteiger partial charge in [0.2, 0.25) is 5.78 Å². The first-order chi connectivity index (χ1) is 9.99. The number of hydrogen-bond donors (Lipinski definition) is 1. The first-order valence-electron chi connectivity index (χ1n) is 6.15. The number of carbonyl (C=O) groups is 1. The van der Waals surface area contributed by atoms with E-state index < -0.39 is 0 Å². The van der Waals surface area contributed by atoms with Crippen LogP contribution in [-0.4, -0.2) is 25.0 Å². The number of ketones is 1. The van der Waals surface area contributed by atoms with Crippen LogP contribution in [0.25, 0.3) is 0 Å². The summed E-state index contributed by atoms with van der Waals surface area (Å²) in [5.74, 6) is 0.811. The number of ether oxygens (including phenoxy) is 2. The monoisotopic (exact) mass is 370 g/mol. The molecule has 21 heavy (non-hydrogen) atoms. The van der Waals surface area contributed by atoms with Crippen molar-refractivity contribution < 1.29 is 14.3 Å². The Balaban J connectivity index is 2.45. The van der Waals surface area contributed by atoms with E-state index >= 15 is 0 Å². The van der Waals surface area contributed by atoms with Crippen molar-refractivity contribution in [3.8, 4) is 11.5 Å². The summed E-state index contributed by atoms with van der Waals surface area (Å²) in [5, 5.41) is 2.43. The van der Waals surface area contributed by atoms with Crippen molar-refractivity contribution in [1.82, 2.24) is 4.98 Å². The predicted molar refractivity (Wildman–Crippen MR) is 85.4 cm³/mol. The average Bonchev–Trinajstić information content (AvgIpc) is 2.96. The van der Waals surface area contributed by atoms with E-state index in [-0.39, 0.29) is 11.8 Å². The van der Waals surface area contributed by atoms with Crippen LogP contribution in [0.4, 0.5) is 0 Å². The second-order valence-electron chi connectivity index (χ2n) is 4.35. The van der Waals surface area contributed by atoms with Crippen LogP contribution >= 0.6 is 27.3 Å². The van der Waals surface area contributed by atoms with Gasteiger partial charge in [0.1, 0.15) is 26.7 Å². The smallest absolute Gasteiger partial charge is 0.215 e. The molecule has 0 saturated carbocycles. The van der Waals surface area contributed by atoms with E-state index in [0.717, 1.165) is 5.01 Å². The highest BCUT2D eigenvalue weighted by atomic mass is 79.9. The number of aromatic nitrogens is 1. The highest BCUT2D eigenvalue weighted by Crippen LogP contribution is 2.38. The lowest BCUT2D eigenvalue weighted by Gasteiger charge is -2.12. The maximum absolute atomic E-state index is 12.6. The molecule has 7 heteroatoms. The number of benzene rings is 1. The van der Waals surface area contributed by atoms with Gasteiger partial charge in [0.15, 0.2) is 0 Å². The minimum absolute atomic E-state index is 0.193. The molecule has 0 saturated heterocycles. The molecular formula is C14H15BrN2O3S. The summed E-state index contributed by atoms with van der Waals surface area (Å²) in [6, 6.07) is 3.18. The lowest BCUT2D eigenvalue weighted by molar-refractivity contribution is 0.103. The van der Waals surface area contributed by atoms with Crippen LogP contribution in [0, 0.1) is 0 Å². The quantitative estimate of drug-likeness (QED) is 0.818. The van der Waals surface area contributed by atoms with Crippen molar-refractivity contribution in [3.63, 3.8) is 0 Å². The molecule has 2 rings (SSSR count). The fourth-order valence-corrected chi connectivity index (χ4v) is 3.24. The number of carbonyl (C=O) groups excluding carboxylic acids is 1. The van der Waals surface area contributed by atoms with Gasteiger partial charge in [-0.25, -0.2) is 4.98 Å². The van der Waals surface area contributed by atoms with Gasteiger partial charge in [-0.3, -0.25) is 4.79 Å². The SMILES string of the molecule is COc1ccc(C(=O)c2csc(C(C)N)n2)c(OC)c1Br. The number of nitrogens with two attached hydrogens (primary N) is 1. The summed E-state index contributed by atoms with van der Waals surface area (Å²) in [6.07, 6.45) is 0. The Morgan fingerprint density at radius 2 is 2.10 bits per heavy atom. The second kappa shape index (κ2) is 6.55. The Labute approximate surface area is 135 Å². The summed E-state index contributed by atoms with van der Waals surface area (Å²) in [4.78, 5) is 16.9. The minimum atomic E-state index is -0.210. The van der Waals surface area contributed by atoms with Gasteiger partial charge in [0, 0.05) is 5.38 Å². The summed E-state index contributed by atoms with van der Waals surface area (Å²) < 4.78 is 11.1. The Morgan fingerprint density at radius 1 is 1.38 bits per heavy atom. The fourth-order valence-electron chi connectivity index (χ4n) is 1.81. The fraction of sp³-hybridized carbons (Fsp3) is 0.286. The molecule has 0 aliphatic carbocycles. The molecular weight excluding hydrogens is 356 g/mol. The molecule has 2 N–H and O–H groups in total. The molecule has 5 nitrogen and oxygen atoms in total. The lowest BCUT2D eigenvalue weighted by Crippen LogP contribution is -2.08. The summed E-state index contributed by atoms with van der Waals surface area (Å²) in [6.45, 7) is 1.83. The zero-order valence-electron chi connectivity index (χ0n) is 11.8. The van der Waals surface area contributed by atoms with E-state index in [0.29, 0.717) is 27.2 Å². The first kappa shape index (κ1) is 15.9. The Kier molecular flexibility index (Phi) is 4.97. The standard InChI is InChI=1S/C14H15BrN2O3S/c1-7(16)14-17-9(6-21-14)12(18)8-4-5-10(19-2)11(15)13(8)20-3/h4-7H,16H2,1-3H3. The third-order valence-corrected chi connectivity index (χ3v) is 4.67. The number of halogens is 1. The van der Waals surface area contributed by atoms with Crippen LogP contribution in [0.15, 0.2) is 22.0 Å². The number of methoxy groups -OCH3 is 2. The normalized spacial score (nSPS) is 12.0. The van der Waals surface area contributed by atoms with Gasteiger partial charge in [-0.05, 0) is 35.0 Å². The van der Waals surface area contributed by atoms with Crippen molar-refractivity contribution >= 4 is 33.0 Å². The van der Waals surface area contributed by atoms with Crippen LogP contribution in [-0.2, 0) is 0 Å². The molecule has 1 heterocycles. The lowest BCUT2D eigenvalue weighted by atomic mass is 10.1. The molecule has 0 radical (unpaired) electrons. The van der Waals surface area contributed by atoms with Gasteiger partial charge in [0.25, 0.3) is 0 Å². The number of hydrogen-bond acceptors (Lipinski definition) is 6. The van der Waals surface area contributed by atoms with Gasteiger partial charge in [-0.15, -0.1) is 11.3 Å². The van der Waals surface area contributed by atoms with E-state index in [1.165, 1.54) is 18.4 Å². The maximum atomic E-state index is 12.6. The topological polar surface area (TPSA) is 74.4 Å². The Hall–Kier alpha value is -1.44. The van der Waals surface area contributed by atoms with Gasteiger partial charge in [0.05, 0.1) is 25.8 Å². The number of nitrogens with zero attached hydrogens (tertiary/aromatic N) is 1. The van der Waals surface area contributed by atoms with Crippen LogP contribution < -0.4 is 15.2 Å². The van der Waals surface area contributed by atoms with Crippen molar-refractivity contribution in [2.24, 2.45) is 5.73 Å². The van der Waals surface area contributed by atoms with Crippen molar-refractivity contribution in [1.29, 1.82) is 0 Å². The van der Waals surface area contributed by atoms with Gasteiger partial charge < -0.3 is 15.2 Å². The van der Waals surface area contributed by atoms with Crippen molar-refractivity contribution in [3.05, 3.63) is 38.3 Å². The molecule has 1 atom stereocenters. The minimum Gasteiger partial charge on any atom is -0.495 e. The summed E-state index contributed by atoms with van der Waals surface area (Å²) in [5.41, 5.74) is 6.56. The van der Waals surface area contributed by atoms with E-state index in [1.54, 1.807) is 24.6 Å². The molecule has 0 bridgehead atoms. The highest BCUT2D eigenvalue weighted by molar-refractivity contribution is 9.10. The predicted octanol–water partition coefficient (Wildman–Crippen LogP) is 3.17. The Morgan fingerprint density at radius 3 is 2.62 bits per heavy atom. The van der Waals surface area contributed by atoms with E-state index in [1.807, 2.05) is 6.92 Å². The molecule has 1 aromatic carbocycles. The highest BCUT2D eigenvalue weighted by Gasteiger charge is 2.22. The Bertz CT molecular complexity index is 670. The zero-order valence-corrected chi connectivity index (χ0v) is 14.2. The number of rotatable bonds is 5. The van der Waals surface area contributed by atoms with Gasteiger partial charge in [-0.2, -0.15) is 0 Å². The third-order valence-electron chi connectivity index (χ3n) is 2.87. The van der Waals surface area contributed by atoms with E-state index in [4.69, 9.17) is 15.2 Å². The maximum Gasteiger partial charge on any atom is 0.215 e. The first-order valence-corrected chi connectivity index (χ1v) is 7.83. The van der Waals surface area contributed by atoms with Gasteiger partial charge >= 0.3 is 0 Å². The molecule has 1 unspecified atom stereocenters. The summed E-state index contributed by atoms with van der Waals surface area (Å²) >= 11 is 4.75. The molecule has 112 valence electrons.